The summed E-state index contributed by atoms with van der Waals surface area (Å²) in [5, 5.41) is 8.04. The van der Waals surface area contributed by atoms with Gasteiger partial charge >= 0.3 is 0 Å². The van der Waals surface area contributed by atoms with Crippen molar-refractivity contribution in [3.63, 3.8) is 0 Å². The van der Waals surface area contributed by atoms with E-state index >= 15 is 0 Å². The van der Waals surface area contributed by atoms with Gasteiger partial charge in [-0.1, -0.05) is 48.4 Å². The van der Waals surface area contributed by atoms with Crippen molar-refractivity contribution in [2.24, 2.45) is 10.4 Å². The minimum Gasteiger partial charge on any atom is -0.343 e. The molecule has 4 rings (SSSR count). The van der Waals surface area contributed by atoms with Gasteiger partial charge in [-0.2, -0.15) is 0 Å². The number of fused-ring (bicyclic) bond motifs is 1. The van der Waals surface area contributed by atoms with E-state index in [1.165, 1.54) is 30.5 Å². The third-order valence-electron chi connectivity index (χ3n) is 5.65. The number of rotatable bonds is 2. The maximum absolute atomic E-state index is 6.14. The van der Waals surface area contributed by atoms with Gasteiger partial charge in [0.25, 0.3) is 0 Å². The van der Waals surface area contributed by atoms with Crippen molar-refractivity contribution in [3.05, 3.63) is 64.7 Å². The van der Waals surface area contributed by atoms with Crippen molar-refractivity contribution in [1.82, 2.24) is 5.32 Å². The largest absolute Gasteiger partial charge is 0.343 e. The van der Waals surface area contributed by atoms with Crippen molar-refractivity contribution in [2.75, 3.05) is 18.4 Å². The van der Waals surface area contributed by atoms with Gasteiger partial charge in [-0.05, 0) is 68.1 Å². The lowest BCUT2D eigenvalue weighted by Crippen LogP contribution is -2.45. The van der Waals surface area contributed by atoms with Crippen LogP contribution in [-0.2, 0) is 13.0 Å². The van der Waals surface area contributed by atoms with Gasteiger partial charge in [0, 0.05) is 16.1 Å². The zero-order chi connectivity index (χ0) is 17.8. The van der Waals surface area contributed by atoms with Crippen LogP contribution in [0.15, 0.2) is 53.5 Å². The summed E-state index contributed by atoms with van der Waals surface area (Å²) in [5.41, 5.74) is 3.89. The SMILES string of the molecule is Clc1cccc(CN=C2Nc3ccccc3CC23CCCCNCC3)c1. The molecule has 2 N–H and O–H groups in total. The van der Waals surface area contributed by atoms with Crippen LogP contribution in [0.1, 0.15) is 36.8 Å². The lowest BCUT2D eigenvalue weighted by molar-refractivity contribution is 0.308. The fourth-order valence-electron chi connectivity index (χ4n) is 4.22. The molecule has 2 aliphatic heterocycles. The van der Waals surface area contributed by atoms with E-state index in [0.29, 0.717) is 6.54 Å². The van der Waals surface area contributed by atoms with Crippen molar-refractivity contribution in [2.45, 2.75) is 38.6 Å². The molecule has 0 amide bonds. The van der Waals surface area contributed by atoms with Crippen LogP contribution in [0.3, 0.4) is 0 Å². The summed E-state index contributed by atoms with van der Waals surface area (Å²) in [5.74, 6) is 1.15. The van der Waals surface area contributed by atoms with Crippen LogP contribution in [0.2, 0.25) is 5.02 Å². The zero-order valence-electron chi connectivity index (χ0n) is 15.1. The van der Waals surface area contributed by atoms with Crippen LogP contribution >= 0.6 is 11.6 Å². The molecule has 2 heterocycles. The minimum absolute atomic E-state index is 0.111. The molecule has 1 atom stereocenters. The number of nitrogens with one attached hydrogen (secondary N) is 2. The van der Waals surface area contributed by atoms with Gasteiger partial charge in [0.05, 0.1) is 6.54 Å². The van der Waals surface area contributed by atoms with E-state index in [1.54, 1.807) is 0 Å². The maximum Gasteiger partial charge on any atom is 0.108 e. The number of aliphatic imine (C=N–C) groups is 1. The smallest absolute Gasteiger partial charge is 0.108 e. The Hall–Kier alpha value is -1.84. The van der Waals surface area contributed by atoms with Gasteiger partial charge in [0.2, 0.25) is 0 Å². The summed E-state index contributed by atoms with van der Waals surface area (Å²) in [6.45, 7) is 2.86. The van der Waals surface area contributed by atoms with Gasteiger partial charge in [0.1, 0.15) is 5.84 Å². The van der Waals surface area contributed by atoms with E-state index < -0.39 is 0 Å². The molecule has 1 fully saturated rings. The minimum atomic E-state index is 0.111. The van der Waals surface area contributed by atoms with Crippen molar-refractivity contribution in [3.8, 4) is 0 Å². The number of amidine groups is 1. The fraction of sp³-hybridized carbons (Fsp3) is 0.409. The van der Waals surface area contributed by atoms with Crippen molar-refractivity contribution >= 4 is 23.1 Å². The first-order valence-corrected chi connectivity index (χ1v) is 9.98. The van der Waals surface area contributed by atoms with E-state index in [-0.39, 0.29) is 5.41 Å². The normalized spacial score (nSPS) is 24.6. The lowest BCUT2D eigenvalue weighted by atomic mass is 9.70. The Morgan fingerprint density at radius 2 is 1.92 bits per heavy atom. The molecule has 3 nitrogen and oxygen atoms in total. The molecular formula is C22H26ClN3. The third kappa shape index (κ3) is 3.79. The molecule has 2 aromatic carbocycles. The standard InChI is InChI=1S/C22H26ClN3/c23-19-8-5-6-17(14-19)16-25-21-22(10-3-4-12-24-13-11-22)15-18-7-1-2-9-20(18)26-21/h1-2,5-9,14,24H,3-4,10-13,15-16H2,(H,25,26). The fourth-order valence-corrected chi connectivity index (χ4v) is 4.44. The Morgan fingerprint density at radius 1 is 1.00 bits per heavy atom. The summed E-state index contributed by atoms with van der Waals surface area (Å²) in [6.07, 6.45) is 5.89. The van der Waals surface area contributed by atoms with Gasteiger partial charge < -0.3 is 10.6 Å². The first kappa shape index (κ1) is 17.6. The first-order chi connectivity index (χ1) is 12.8. The van der Waals surface area contributed by atoms with E-state index in [0.717, 1.165) is 42.4 Å². The van der Waals surface area contributed by atoms with Crippen LogP contribution in [0.5, 0.6) is 0 Å². The maximum atomic E-state index is 6.14. The summed E-state index contributed by atoms with van der Waals surface area (Å²) < 4.78 is 0. The quantitative estimate of drug-likeness (QED) is 0.778. The van der Waals surface area contributed by atoms with Crippen molar-refractivity contribution < 1.29 is 0 Å². The third-order valence-corrected chi connectivity index (χ3v) is 5.88. The number of anilines is 1. The Kier molecular flexibility index (Phi) is 5.28. The molecule has 0 aromatic heterocycles. The lowest BCUT2D eigenvalue weighted by Gasteiger charge is -2.41. The highest BCUT2D eigenvalue weighted by Crippen LogP contribution is 2.41. The monoisotopic (exact) mass is 367 g/mol. The summed E-state index contributed by atoms with van der Waals surface area (Å²) in [4.78, 5) is 5.06. The number of halogens is 1. The molecule has 0 aliphatic carbocycles. The van der Waals surface area contributed by atoms with Crippen LogP contribution in [0.25, 0.3) is 0 Å². The second-order valence-corrected chi connectivity index (χ2v) is 7.93. The molecule has 2 aliphatic rings. The molecule has 0 saturated carbocycles. The topological polar surface area (TPSA) is 36.4 Å². The zero-order valence-corrected chi connectivity index (χ0v) is 15.9. The molecule has 136 valence electrons. The number of hydrogen-bond acceptors (Lipinski definition) is 2. The number of para-hydroxylation sites is 1. The number of benzene rings is 2. The van der Waals surface area contributed by atoms with E-state index in [4.69, 9.17) is 16.6 Å². The summed E-state index contributed by atoms with van der Waals surface area (Å²) in [6, 6.07) is 16.7. The predicted molar refractivity (Wildman–Crippen MR) is 110 cm³/mol. The second-order valence-electron chi connectivity index (χ2n) is 7.49. The molecule has 0 bridgehead atoms. The summed E-state index contributed by atoms with van der Waals surface area (Å²) >= 11 is 6.14. The summed E-state index contributed by atoms with van der Waals surface area (Å²) in [7, 11) is 0. The van der Waals surface area contributed by atoms with E-state index in [1.807, 2.05) is 18.2 Å². The molecule has 0 radical (unpaired) electrons. The molecule has 26 heavy (non-hydrogen) atoms. The molecule has 1 unspecified atom stereocenters. The number of hydrogen-bond donors (Lipinski definition) is 2. The Morgan fingerprint density at radius 3 is 2.85 bits per heavy atom. The van der Waals surface area contributed by atoms with Gasteiger partial charge in [0.15, 0.2) is 0 Å². The van der Waals surface area contributed by atoms with E-state index in [2.05, 4.69) is 41.0 Å². The Labute approximate surface area is 160 Å². The molecule has 1 saturated heterocycles. The second kappa shape index (κ2) is 7.81. The molecular weight excluding hydrogens is 342 g/mol. The highest BCUT2D eigenvalue weighted by molar-refractivity contribution is 6.30. The van der Waals surface area contributed by atoms with E-state index in [9.17, 15) is 0 Å². The number of nitrogens with zero attached hydrogens (tertiary/aromatic N) is 1. The molecule has 2 aromatic rings. The predicted octanol–water partition coefficient (Wildman–Crippen LogP) is 5.06. The van der Waals surface area contributed by atoms with Crippen LogP contribution < -0.4 is 10.6 Å². The average Bonchev–Trinajstić information content (AvgIpc) is 2.63. The Balaban J connectivity index is 1.67. The highest BCUT2D eigenvalue weighted by atomic mass is 35.5. The first-order valence-electron chi connectivity index (χ1n) is 9.60. The van der Waals surface area contributed by atoms with Gasteiger partial charge in [-0.25, -0.2) is 0 Å². The van der Waals surface area contributed by atoms with Crippen molar-refractivity contribution in [1.29, 1.82) is 0 Å². The van der Waals surface area contributed by atoms with Gasteiger partial charge in [-0.3, -0.25) is 4.99 Å². The van der Waals surface area contributed by atoms with Crippen LogP contribution in [-0.4, -0.2) is 18.9 Å². The average molecular weight is 368 g/mol. The van der Waals surface area contributed by atoms with Crippen LogP contribution in [0, 0.1) is 5.41 Å². The molecule has 4 heteroatoms. The Bertz CT molecular complexity index is 791. The molecule has 1 spiro atoms. The van der Waals surface area contributed by atoms with Gasteiger partial charge in [-0.15, -0.1) is 0 Å². The highest BCUT2D eigenvalue weighted by Gasteiger charge is 2.39. The van der Waals surface area contributed by atoms with Crippen LogP contribution in [0.4, 0.5) is 5.69 Å².